The van der Waals surface area contributed by atoms with Crippen molar-refractivity contribution in [1.29, 1.82) is 0 Å². The van der Waals surface area contributed by atoms with Crippen molar-refractivity contribution in [2.75, 3.05) is 5.73 Å². The van der Waals surface area contributed by atoms with E-state index >= 15 is 0 Å². The van der Waals surface area contributed by atoms with Crippen molar-refractivity contribution in [3.63, 3.8) is 0 Å². The molecule has 0 aliphatic carbocycles. The van der Waals surface area contributed by atoms with E-state index in [9.17, 15) is 0 Å². The van der Waals surface area contributed by atoms with Crippen LogP contribution in [0.2, 0.25) is 0 Å². The molecule has 20 heavy (non-hydrogen) atoms. The lowest BCUT2D eigenvalue weighted by Crippen LogP contribution is -2.00. The van der Waals surface area contributed by atoms with Crippen LogP contribution in [0.4, 0.5) is 5.82 Å². The Bertz CT molecular complexity index is 763. The van der Waals surface area contributed by atoms with Gasteiger partial charge in [0.05, 0.1) is 5.52 Å². The Labute approximate surface area is 118 Å². The first-order valence-electron chi connectivity index (χ1n) is 6.78. The minimum Gasteiger partial charge on any atom is -0.383 e. The number of hydrogen-bond donors (Lipinski definition) is 1. The Balaban J connectivity index is 2.25. The second-order valence-corrected chi connectivity index (χ2v) is 5.19. The van der Waals surface area contributed by atoms with Gasteiger partial charge in [-0.3, -0.25) is 0 Å². The molecule has 100 valence electrons. The number of benzene rings is 2. The minimum atomic E-state index is 0.419. The lowest BCUT2D eigenvalue weighted by atomic mass is 9.97. The van der Waals surface area contributed by atoms with Crippen molar-refractivity contribution >= 4 is 16.7 Å². The van der Waals surface area contributed by atoms with Gasteiger partial charge in [-0.2, -0.15) is 0 Å². The first kappa shape index (κ1) is 12.6. The van der Waals surface area contributed by atoms with Crippen molar-refractivity contribution < 1.29 is 0 Å². The molecule has 3 aromatic rings. The van der Waals surface area contributed by atoms with Gasteiger partial charge in [-0.15, -0.1) is 0 Å². The van der Waals surface area contributed by atoms with Gasteiger partial charge in [0, 0.05) is 10.9 Å². The van der Waals surface area contributed by atoms with E-state index in [0.29, 0.717) is 17.6 Å². The molecule has 3 rings (SSSR count). The molecule has 1 heterocycles. The Morgan fingerprint density at radius 1 is 0.900 bits per heavy atom. The number of rotatable bonds is 2. The van der Waals surface area contributed by atoms with Crippen LogP contribution in [0.25, 0.3) is 22.3 Å². The predicted octanol–water partition coefficient (Wildman–Crippen LogP) is 4.00. The second-order valence-electron chi connectivity index (χ2n) is 5.19. The highest BCUT2D eigenvalue weighted by molar-refractivity contribution is 5.89. The molecule has 0 unspecified atom stereocenters. The van der Waals surface area contributed by atoms with Gasteiger partial charge in [-0.25, -0.2) is 9.97 Å². The second kappa shape index (κ2) is 4.93. The highest BCUT2D eigenvalue weighted by Crippen LogP contribution is 2.29. The number of para-hydroxylation sites is 1. The Hall–Kier alpha value is -2.42. The minimum absolute atomic E-state index is 0.419. The molecular weight excluding hydrogens is 246 g/mol. The van der Waals surface area contributed by atoms with Gasteiger partial charge in [-0.05, 0) is 23.6 Å². The molecule has 0 aliphatic rings. The van der Waals surface area contributed by atoms with E-state index in [2.05, 4.69) is 35.9 Å². The van der Waals surface area contributed by atoms with Gasteiger partial charge in [0.1, 0.15) is 5.82 Å². The highest BCUT2D eigenvalue weighted by Gasteiger charge is 2.12. The number of nitrogens with zero attached hydrogens (tertiary/aromatic N) is 2. The molecule has 3 heteroatoms. The van der Waals surface area contributed by atoms with E-state index in [1.165, 1.54) is 5.56 Å². The third-order valence-corrected chi connectivity index (χ3v) is 3.46. The molecule has 0 atom stereocenters. The summed E-state index contributed by atoms with van der Waals surface area (Å²) in [6.45, 7) is 4.34. The van der Waals surface area contributed by atoms with Crippen LogP contribution in [0.3, 0.4) is 0 Å². The largest absolute Gasteiger partial charge is 0.383 e. The number of fused-ring (bicyclic) bond motifs is 1. The summed E-state index contributed by atoms with van der Waals surface area (Å²) in [4.78, 5) is 9.14. The summed E-state index contributed by atoms with van der Waals surface area (Å²) in [7, 11) is 0. The Morgan fingerprint density at radius 3 is 2.40 bits per heavy atom. The maximum Gasteiger partial charge on any atom is 0.162 e. The normalized spacial score (nSPS) is 11.2. The van der Waals surface area contributed by atoms with Crippen molar-refractivity contribution in [3.8, 4) is 11.4 Å². The van der Waals surface area contributed by atoms with E-state index in [1.54, 1.807) is 0 Å². The monoisotopic (exact) mass is 263 g/mol. The fraction of sp³-hybridized carbons (Fsp3) is 0.176. The van der Waals surface area contributed by atoms with Crippen LogP contribution < -0.4 is 5.73 Å². The zero-order valence-corrected chi connectivity index (χ0v) is 11.7. The van der Waals surface area contributed by atoms with Gasteiger partial charge in [0.2, 0.25) is 0 Å². The summed E-state index contributed by atoms with van der Waals surface area (Å²) in [5.74, 6) is 1.65. The summed E-state index contributed by atoms with van der Waals surface area (Å²) < 4.78 is 0. The molecule has 0 radical (unpaired) electrons. The maximum atomic E-state index is 6.07. The Kier molecular flexibility index (Phi) is 3.11. The average Bonchev–Trinajstić information content (AvgIpc) is 2.47. The zero-order chi connectivity index (χ0) is 14.1. The average molecular weight is 263 g/mol. The molecule has 0 bridgehead atoms. The first-order valence-corrected chi connectivity index (χ1v) is 6.78. The lowest BCUT2D eigenvalue weighted by molar-refractivity contribution is 0.867. The van der Waals surface area contributed by atoms with Crippen LogP contribution in [0, 0.1) is 0 Å². The highest BCUT2D eigenvalue weighted by atomic mass is 14.9. The van der Waals surface area contributed by atoms with Gasteiger partial charge in [-0.1, -0.05) is 50.2 Å². The first-order chi connectivity index (χ1) is 9.66. The molecule has 3 nitrogen and oxygen atoms in total. The van der Waals surface area contributed by atoms with E-state index in [0.717, 1.165) is 16.5 Å². The van der Waals surface area contributed by atoms with Gasteiger partial charge in [0.25, 0.3) is 0 Å². The Morgan fingerprint density at radius 2 is 1.60 bits per heavy atom. The van der Waals surface area contributed by atoms with Gasteiger partial charge < -0.3 is 5.73 Å². The molecule has 0 saturated heterocycles. The summed E-state index contributed by atoms with van der Waals surface area (Å²) in [5.41, 5.74) is 9.25. The van der Waals surface area contributed by atoms with Crippen LogP contribution in [0.15, 0.2) is 48.5 Å². The van der Waals surface area contributed by atoms with E-state index in [-0.39, 0.29) is 0 Å². The molecule has 0 fully saturated rings. The number of hydrogen-bond acceptors (Lipinski definition) is 3. The standard InChI is InChI=1S/C17H17N3/c1-11(2)12-7-3-4-8-13(12)17-19-15-10-6-5-9-14(15)16(18)20-17/h3-11H,1-2H3,(H2,18,19,20). The smallest absolute Gasteiger partial charge is 0.162 e. The topological polar surface area (TPSA) is 51.8 Å². The number of nitrogens with two attached hydrogens (primary N) is 1. The number of anilines is 1. The summed E-state index contributed by atoms with van der Waals surface area (Å²) in [5, 5.41) is 0.901. The third-order valence-electron chi connectivity index (χ3n) is 3.46. The van der Waals surface area contributed by atoms with Gasteiger partial charge in [0.15, 0.2) is 5.82 Å². The van der Waals surface area contributed by atoms with Crippen molar-refractivity contribution in [2.24, 2.45) is 0 Å². The molecule has 2 N–H and O–H groups in total. The van der Waals surface area contributed by atoms with E-state index < -0.39 is 0 Å². The molecular formula is C17H17N3. The van der Waals surface area contributed by atoms with Crippen molar-refractivity contribution in [2.45, 2.75) is 19.8 Å². The molecule has 1 aromatic heterocycles. The number of aromatic nitrogens is 2. The van der Waals surface area contributed by atoms with E-state index in [1.807, 2.05) is 36.4 Å². The summed E-state index contributed by atoms with van der Waals surface area (Å²) >= 11 is 0. The zero-order valence-electron chi connectivity index (χ0n) is 11.7. The van der Waals surface area contributed by atoms with Crippen LogP contribution in [-0.4, -0.2) is 9.97 Å². The quantitative estimate of drug-likeness (QED) is 0.760. The lowest BCUT2D eigenvalue weighted by Gasteiger charge is -2.12. The van der Waals surface area contributed by atoms with E-state index in [4.69, 9.17) is 5.73 Å². The van der Waals surface area contributed by atoms with Crippen molar-refractivity contribution in [3.05, 3.63) is 54.1 Å². The summed E-state index contributed by atoms with van der Waals surface area (Å²) in [6, 6.07) is 16.1. The van der Waals surface area contributed by atoms with Crippen molar-refractivity contribution in [1.82, 2.24) is 9.97 Å². The van der Waals surface area contributed by atoms with Crippen LogP contribution >= 0.6 is 0 Å². The summed E-state index contributed by atoms with van der Waals surface area (Å²) in [6.07, 6.45) is 0. The number of nitrogen functional groups attached to an aromatic ring is 1. The van der Waals surface area contributed by atoms with Crippen LogP contribution in [0.5, 0.6) is 0 Å². The fourth-order valence-corrected chi connectivity index (χ4v) is 2.43. The molecule has 0 amide bonds. The van der Waals surface area contributed by atoms with Crippen LogP contribution in [-0.2, 0) is 0 Å². The predicted molar refractivity (Wildman–Crippen MR) is 83.5 cm³/mol. The molecule has 0 spiro atoms. The SMILES string of the molecule is CC(C)c1ccccc1-c1nc(N)c2ccccc2n1. The third kappa shape index (κ3) is 2.11. The van der Waals surface area contributed by atoms with Gasteiger partial charge >= 0.3 is 0 Å². The van der Waals surface area contributed by atoms with Crippen LogP contribution in [0.1, 0.15) is 25.3 Å². The molecule has 0 aliphatic heterocycles. The molecule has 2 aromatic carbocycles. The maximum absolute atomic E-state index is 6.07. The molecule has 0 saturated carbocycles. The fourth-order valence-electron chi connectivity index (χ4n) is 2.43.